The van der Waals surface area contributed by atoms with Crippen molar-refractivity contribution in [1.29, 1.82) is 0 Å². The second kappa shape index (κ2) is 35.6. The number of phosphoric ester groups is 1. The molecular formula is C39H75O8P. The van der Waals surface area contributed by atoms with Gasteiger partial charge in [0.1, 0.15) is 6.61 Å². The van der Waals surface area contributed by atoms with Gasteiger partial charge in [-0.3, -0.25) is 14.1 Å². The van der Waals surface area contributed by atoms with Crippen LogP contribution < -0.4 is 0 Å². The molecule has 1 unspecified atom stereocenters. The molecule has 0 aromatic rings. The van der Waals surface area contributed by atoms with E-state index in [-0.39, 0.29) is 19.4 Å². The largest absolute Gasteiger partial charge is 0.469 e. The Bertz CT molecular complexity index is 797. The second-order valence-electron chi connectivity index (χ2n) is 13.6. The van der Waals surface area contributed by atoms with Gasteiger partial charge >= 0.3 is 19.8 Å². The maximum atomic E-state index is 12.4. The van der Waals surface area contributed by atoms with Gasteiger partial charge in [-0.25, -0.2) is 4.57 Å². The van der Waals surface area contributed by atoms with Crippen LogP contribution in [0.2, 0.25) is 0 Å². The third-order valence-corrected chi connectivity index (χ3v) is 9.27. The van der Waals surface area contributed by atoms with E-state index in [4.69, 9.17) is 19.3 Å². The average molecular weight is 703 g/mol. The molecule has 0 radical (unpaired) electrons. The van der Waals surface area contributed by atoms with Crippen LogP contribution in [0.3, 0.4) is 0 Å². The fraction of sp³-hybridized carbons (Fsp3) is 0.897. The van der Waals surface area contributed by atoms with Crippen molar-refractivity contribution >= 4 is 19.8 Å². The Balaban J connectivity index is 3.91. The molecule has 48 heavy (non-hydrogen) atoms. The van der Waals surface area contributed by atoms with Gasteiger partial charge in [0.15, 0.2) is 6.10 Å². The van der Waals surface area contributed by atoms with E-state index in [1.165, 1.54) is 122 Å². The summed E-state index contributed by atoms with van der Waals surface area (Å²) in [7, 11) is -4.75. The zero-order valence-corrected chi connectivity index (χ0v) is 32.0. The van der Waals surface area contributed by atoms with E-state index in [1.807, 2.05) is 0 Å². The van der Waals surface area contributed by atoms with Crippen molar-refractivity contribution in [3.63, 3.8) is 0 Å². The molecule has 0 spiro atoms. The van der Waals surface area contributed by atoms with E-state index in [1.54, 1.807) is 0 Å². The van der Waals surface area contributed by atoms with E-state index in [0.717, 1.165) is 51.4 Å². The summed E-state index contributed by atoms with van der Waals surface area (Å²) in [6.45, 7) is 3.68. The molecule has 0 aliphatic carbocycles. The number of hydrogen-bond acceptors (Lipinski definition) is 6. The van der Waals surface area contributed by atoms with Crippen LogP contribution >= 0.6 is 7.82 Å². The molecule has 0 saturated carbocycles. The zero-order chi connectivity index (χ0) is 35.4. The smallest absolute Gasteiger partial charge is 0.462 e. The molecule has 0 amide bonds. The van der Waals surface area contributed by atoms with Crippen molar-refractivity contribution in [2.24, 2.45) is 0 Å². The number of allylic oxidation sites excluding steroid dienone is 2. The number of carbonyl (C=O) groups is 2. The summed E-state index contributed by atoms with van der Waals surface area (Å²) in [4.78, 5) is 42.7. The molecule has 1 atom stereocenters. The fourth-order valence-electron chi connectivity index (χ4n) is 5.78. The van der Waals surface area contributed by atoms with Crippen LogP contribution in [0.1, 0.15) is 206 Å². The summed E-state index contributed by atoms with van der Waals surface area (Å²) in [5.74, 6) is -0.880. The van der Waals surface area contributed by atoms with Gasteiger partial charge in [0.2, 0.25) is 0 Å². The molecule has 9 heteroatoms. The lowest BCUT2D eigenvalue weighted by Gasteiger charge is -2.18. The van der Waals surface area contributed by atoms with E-state index in [0.29, 0.717) is 6.42 Å². The molecule has 284 valence electrons. The molecule has 0 bridgehead atoms. The minimum atomic E-state index is -4.75. The van der Waals surface area contributed by atoms with Crippen molar-refractivity contribution < 1.29 is 37.9 Å². The summed E-state index contributed by atoms with van der Waals surface area (Å²) in [5, 5.41) is 0. The van der Waals surface area contributed by atoms with Crippen LogP contribution in [0.4, 0.5) is 0 Å². The monoisotopic (exact) mass is 703 g/mol. The highest BCUT2D eigenvalue weighted by Gasteiger charge is 2.22. The van der Waals surface area contributed by atoms with Crippen molar-refractivity contribution in [1.82, 2.24) is 0 Å². The number of phosphoric acid groups is 1. The Kier molecular flexibility index (Phi) is 34.7. The molecule has 0 aromatic heterocycles. The first-order chi connectivity index (χ1) is 23.3. The van der Waals surface area contributed by atoms with Crippen LogP contribution in [0.5, 0.6) is 0 Å². The van der Waals surface area contributed by atoms with Crippen LogP contribution in [0.25, 0.3) is 0 Å². The van der Waals surface area contributed by atoms with Crippen molar-refractivity contribution in [2.45, 2.75) is 213 Å². The van der Waals surface area contributed by atoms with Crippen molar-refractivity contribution in [3.05, 3.63) is 12.2 Å². The SMILES string of the molecule is CCCCCCC=CCCCCCCCCCC(=O)OCC(COP(=O)(O)O)OC(=O)CCCCCCCCCCCCCCCCC. The summed E-state index contributed by atoms with van der Waals surface area (Å²) in [6, 6.07) is 0. The predicted molar refractivity (Wildman–Crippen MR) is 198 cm³/mol. The highest BCUT2D eigenvalue weighted by molar-refractivity contribution is 7.46. The number of unbranched alkanes of at least 4 members (excludes halogenated alkanes) is 25. The van der Waals surface area contributed by atoms with Gasteiger partial charge < -0.3 is 19.3 Å². The topological polar surface area (TPSA) is 119 Å². The molecule has 0 aromatic carbocycles. The molecule has 2 N–H and O–H groups in total. The minimum Gasteiger partial charge on any atom is -0.462 e. The molecule has 0 aliphatic rings. The number of hydrogen-bond donors (Lipinski definition) is 2. The summed E-state index contributed by atoms with van der Waals surface area (Å²) in [5.41, 5.74) is 0. The summed E-state index contributed by atoms with van der Waals surface area (Å²) in [6.07, 6.45) is 37.8. The Morgan fingerprint density at radius 2 is 0.875 bits per heavy atom. The highest BCUT2D eigenvalue weighted by Crippen LogP contribution is 2.36. The second-order valence-corrected chi connectivity index (χ2v) is 14.9. The lowest BCUT2D eigenvalue weighted by atomic mass is 10.0. The van der Waals surface area contributed by atoms with Gasteiger partial charge in [0, 0.05) is 12.8 Å². The molecule has 0 aliphatic heterocycles. The number of rotatable bonds is 37. The number of carbonyl (C=O) groups excluding carboxylic acids is 2. The maximum absolute atomic E-state index is 12.4. The average Bonchev–Trinajstić information content (AvgIpc) is 3.05. The van der Waals surface area contributed by atoms with Crippen LogP contribution in [0, 0.1) is 0 Å². The van der Waals surface area contributed by atoms with Gasteiger partial charge in [-0.2, -0.15) is 0 Å². The van der Waals surface area contributed by atoms with Gasteiger partial charge in [0.05, 0.1) is 6.61 Å². The third kappa shape index (κ3) is 37.6. The third-order valence-electron chi connectivity index (χ3n) is 8.78. The lowest BCUT2D eigenvalue weighted by Crippen LogP contribution is -2.29. The van der Waals surface area contributed by atoms with E-state index < -0.39 is 32.5 Å². The molecular weight excluding hydrogens is 627 g/mol. The first-order valence-electron chi connectivity index (χ1n) is 20.0. The molecule has 0 saturated heterocycles. The van der Waals surface area contributed by atoms with Gasteiger partial charge in [-0.1, -0.05) is 167 Å². The first-order valence-corrected chi connectivity index (χ1v) is 21.5. The van der Waals surface area contributed by atoms with Crippen molar-refractivity contribution in [3.8, 4) is 0 Å². The first kappa shape index (κ1) is 46.8. The summed E-state index contributed by atoms with van der Waals surface area (Å²) < 4.78 is 26.3. The zero-order valence-electron chi connectivity index (χ0n) is 31.2. The normalized spacial score (nSPS) is 12.5. The highest BCUT2D eigenvalue weighted by atomic mass is 31.2. The van der Waals surface area contributed by atoms with Gasteiger partial charge in [-0.15, -0.1) is 0 Å². The molecule has 0 rings (SSSR count). The van der Waals surface area contributed by atoms with Crippen LogP contribution in [-0.4, -0.2) is 41.0 Å². The minimum absolute atomic E-state index is 0.217. The summed E-state index contributed by atoms with van der Waals surface area (Å²) >= 11 is 0. The number of ether oxygens (including phenoxy) is 2. The molecule has 0 fully saturated rings. The standard InChI is InChI=1S/C39H75O8P/c1-3-5-7-9-11-13-15-17-19-21-23-25-27-29-31-33-38(40)45-35-37(36-46-48(42,43)44)47-39(41)34-32-30-28-26-24-22-20-18-16-14-12-10-8-6-4-2/h13,15,37H,3-12,14,16-36H2,1-2H3,(H2,42,43,44). The Labute approximate surface area is 295 Å². The predicted octanol–water partition coefficient (Wildman–Crippen LogP) is 11.8. The number of esters is 2. The van der Waals surface area contributed by atoms with Crippen molar-refractivity contribution in [2.75, 3.05) is 13.2 Å². The Hall–Kier alpha value is -1.21. The Morgan fingerprint density at radius 1 is 0.521 bits per heavy atom. The quantitative estimate of drug-likeness (QED) is 0.0284. The van der Waals surface area contributed by atoms with E-state index in [9.17, 15) is 14.2 Å². The maximum Gasteiger partial charge on any atom is 0.469 e. The molecule has 8 nitrogen and oxygen atoms in total. The lowest BCUT2D eigenvalue weighted by molar-refractivity contribution is -0.161. The Morgan fingerprint density at radius 3 is 1.29 bits per heavy atom. The fourth-order valence-corrected chi connectivity index (χ4v) is 6.14. The van der Waals surface area contributed by atoms with Gasteiger partial charge in [0.25, 0.3) is 0 Å². The van der Waals surface area contributed by atoms with Crippen LogP contribution in [-0.2, 0) is 28.2 Å². The molecule has 0 heterocycles. The van der Waals surface area contributed by atoms with E-state index in [2.05, 4.69) is 30.5 Å². The van der Waals surface area contributed by atoms with E-state index >= 15 is 0 Å². The van der Waals surface area contributed by atoms with Crippen LogP contribution in [0.15, 0.2) is 12.2 Å². The van der Waals surface area contributed by atoms with Gasteiger partial charge in [-0.05, 0) is 38.5 Å².